The number of methoxy groups -OCH3 is 2. The highest BCUT2D eigenvalue weighted by atomic mass is 16.5. The third-order valence-electron chi connectivity index (χ3n) is 11.3. The van der Waals surface area contributed by atoms with Crippen LogP contribution < -0.4 is 14.4 Å². The van der Waals surface area contributed by atoms with Gasteiger partial charge in [-0.15, -0.1) is 0 Å². The van der Waals surface area contributed by atoms with Gasteiger partial charge in [0.1, 0.15) is 11.5 Å². The molecule has 0 spiro atoms. The van der Waals surface area contributed by atoms with Gasteiger partial charge in [0, 0.05) is 50.6 Å². The van der Waals surface area contributed by atoms with Crippen LogP contribution in [0.4, 0.5) is 17.1 Å². The Bertz CT molecular complexity index is 2970. The maximum absolute atomic E-state index is 5.66. The van der Waals surface area contributed by atoms with E-state index in [1.807, 2.05) is 12.1 Å². The van der Waals surface area contributed by atoms with Crippen molar-refractivity contribution < 1.29 is 9.47 Å². The minimum Gasteiger partial charge on any atom is -0.497 e. The number of ether oxygens (including phenoxy) is 2. The molecule has 0 N–H and O–H groups in total. The molecular formula is C51H40N2O2. The lowest BCUT2D eigenvalue weighted by atomic mass is 9.86. The molecule has 266 valence electrons. The largest absolute Gasteiger partial charge is 0.497 e. The molecule has 0 amide bonds. The van der Waals surface area contributed by atoms with Crippen LogP contribution >= 0.6 is 0 Å². The van der Waals surface area contributed by atoms with Crippen LogP contribution in [-0.4, -0.2) is 18.6 Å². The van der Waals surface area contributed by atoms with Crippen LogP contribution in [0.1, 0.15) is 29.0 Å². The summed E-state index contributed by atoms with van der Waals surface area (Å²) in [6.07, 6.45) is 1.94. The molecule has 2 aromatic heterocycles. The van der Waals surface area contributed by atoms with Crippen LogP contribution in [0.5, 0.6) is 11.5 Å². The predicted molar refractivity (Wildman–Crippen MR) is 229 cm³/mol. The first kappa shape index (κ1) is 32.8. The first-order valence-corrected chi connectivity index (χ1v) is 19.0. The number of rotatable bonds is 10. The van der Waals surface area contributed by atoms with E-state index >= 15 is 0 Å². The minimum absolute atomic E-state index is 0.237. The van der Waals surface area contributed by atoms with Crippen LogP contribution in [-0.2, 0) is 6.42 Å². The summed E-state index contributed by atoms with van der Waals surface area (Å²) < 4.78 is 13.7. The normalized spacial score (nSPS) is 12.3. The molecule has 4 heteroatoms. The first-order valence-electron chi connectivity index (χ1n) is 19.0. The van der Waals surface area contributed by atoms with Crippen molar-refractivity contribution >= 4 is 65.9 Å². The van der Waals surface area contributed by atoms with Crippen molar-refractivity contribution in [2.24, 2.45) is 0 Å². The molecule has 0 saturated carbocycles. The Morgan fingerprint density at radius 1 is 0.491 bits per heavy atom. The van der Waals surface area contributed by atoms with Gasteiger partial charge in [0.15, 0.2) is 0 Å². The van der Waals surface area contributed by atoms with Gasteiger partial charge in [-0.25, -0.2) is 0 Å². The van der Waals surface area contributed by atoms with Crippen molar-refractivity contribution in [3.63, 3.8) is 0 Å². The molecule has 2 heterocycles. The third-order valence-corrected chi connectivity index (χ3v) is 11.3. The summed E-state index contributed by atoms with van der Waals surface area (Å²) in [7, 11) is 3.46. The van der Waals surface area contributed by atoms with Gasteiger partial charge in [-0.2, -0.15) is 0 Å². The van der Waals surface area contributed by atoms with E-state index in [2.05, 4.69) is 173 Å². The highest BCUT2D eigenvalue weighted by molar-refractivity contribution is 6.31. The van der Waals surface area contributed by atoms with Gasteiger partial charge in [0.25, 0.3) is 0 Å². The fourth-order valence-corrected chi connectivity index (χ4v) is 8.77. The van der Waals surface area contributed by atoms with Crippen LogP contribution in [0, 0.1) is 0 Å². The topological polar surface area (TPSA) is 26.1 Å². The number of nitrogens with zero attached hydrogens (tertiary/aromatic N) is 2. The average Bonchev–Trinajstić information content (AvgIpc) is 3.76. The van der Waals surface area contributed by atoms with Gasteiger partial charge < -0.3 is 18.8 Å². The minimum atomic E-state index is 0.237. The summed E-state index contributed by atoms with van der Waals surface area (Å²) in [5.74, 6) is 1.97. The zero-order chi connectivity index (χ0) is 36.9. The highest BCUT2D eigenvalue weighted by Gasteiger charge is 2.23. The summed E-state index contributed by atoms with van der Waals surface area (Å²) in [5.41, 5.74) is 10.9. The van der Waals surface area contributed by atoms with E-state index in [1.165, 1.54) is 65.6 Å². The van der Waals surface area contributed by atoms with Gasteiger partial charge in [0.05, 0.1) is 30.8 Å². The summed E-state index contributed by atoms with van der Waals surface area (Å²) in [6, 6.07) is 63.7. The quantitative estimate of drug-likeness (QED) is 0.141. The lowest BCUT2D eigenvalue weighted by Gasteiger charge is -2.26. The van der Waals surface area contributed by atoms with Crippen molar-refractivity contribution in [1.82, 2.24) is 4.40 Å². The summed E-state index contributed by atoms with van der Waals surface area (Å²) in [6.45, 7) is 0. The van der Waals surface area contributed by atoms with Crippen molar-refractivity contribution in [3.05, 3.63) is 193 Å². The lowest BCUT2D eigenvalue weighted by molar-refractivity contribution is 0.414. The Morgan fingerprint density at radius 2 is 1.20 bits per heavy atom. The number of para-hydroxylation sites is 2. The summed E-state index contributed by atoms with van der Waals surface area (Å²) in [5, 5.41) is 7.59. The van der Waals surface area contributed by atoms with Crippen LogP contribution in [0.3, 0.4) is 0 Å². The number of hydrogen-bond donors (Lipinski definition) is 0. The van der Waals surface area contributed by atoms with Gasteiger partial charge in [0.2, 0.25) is 0 Å². The van der Waals surface area contributed by atoms with Crippen molar-refractivity contribution in [3.8, 4) is 11.5 Å². The maximum atomic E-state index is 5.66. The molecule has 0 radical (unpaired) electrons. The fourth-order valence-electron chi connectivity index (χ4n) is 8.77. The molecule has 55 heavy (non-hydrogen) atoms. The van der Waals surface area contributed by atoms with E-state index in [0.29, 0.717) is 0 Å². The highest BCUT2D eigenvalue weighted by Crippen LogP contribution is 2.46. The van der Waals surface area contributed by atoms with E-state index in [9.17, 15) is 0 Å². The van der Waals surface area contributed by atoms with Gasteiger partial charge in [-0.05, 0) is 107 Å². The molecule has 0 fully saturated rings. The van der Waals surface area contributed by atoms with Crippen LogP contribution in [0.15, 0.2) is 176 Å². The second-order valence-electron chi connectivity index (χ2n) is 14.4. The van der Waals surface area contributed by atoms with Gasteiger partial charge >= 0.3 is 0 Å². The van der Waals surface area contributed by atoms with Gasteiger partial charge in [-0.1, -0.05) is 103 Å². The van der Waals surface area contributed by atoms with E-state index in [4.69, 9.17) is 9.47 Å². The average molecular weight is 713 g/mol. The van der Waals surface area contributed by atoms with Crippen molar-refractivity contribution in [2.75, 3.05) is 19.1 Å². The Morgan fingerprint density at radius 3 is 2.02 bits per heavy atom. The monoisotopic (exact) mass is 712 g/mol. The Kier molecular flexibility index (Phi) is 8.10. The number of aromatic nitrogens is 1. The smallest absolute Gasteiger partial charge is 0.120 e. The Hall–Kier alpha value is -6.78. The van der Waals surface area contributed by atoms with E-state index in [-0.39, 0.29) is 5.92 Å². The SMILES string of the molecule is COc1cccc(CCC(c2ccccc2)c2ccc3c4cc5ccc(N(c6ccccc6)c6cccc(OC)c6)cc5c5c6ccccc6n(c3c2)c45)c1. The van der Waals surface area contributed by atoms with E-state index < -0.39 is 0 Å². The molecule has 1 atom stereocenters. The molecule has 1 unspecified atom stereocenters. The number of fused-ring (bicyclic) bond motifs is 8. The van der Waals surface area contributed by atoms with Crippen LogP contribution in [0.2, 0.25) is 0 Å². The predicted octanol–water partition coefficient (Wildman–Crippen LogP) is 13.2. The second kappa shape index (κ2) is 13.6. The number of anilines is 3. The third kappa shape index (κ3) is 5.61. The summed E-state index contributed by atoms with van der Waals surface area (Å²) in [4.78, 5) is 2.32. The lowest BCUT2D eigenvalue weighted by Crippen LogP contribution is -2.09. The molecule has 0 aliphatic heterocycles. The molecule has 10 rings (SSSR count). The standard InChI is InChI=1S/C51H40N2O2/c1-54-41-19-11-13-34(29-41)23-27-43(35-14-5-3-6-15-35)37-25-28-44-47-30-36-24-26-40(52(38-16-7-4-8-17-38)39-18-12-20-42(32-39)55-2)33-46(36)50-45-21-9-10-22-48(45)53(51(47)50)49(44)31-37/h3-22,24-26,28-33,43H,23,27H2,1-2H3. The molecule has 4 nitrogen and oxygen atoms in total. The fraction of sp³-hybridized carbons (Fsp3) is 0.0980. The molecule has 0 saturated heterocycles. The van der Waals surface area contributed by atoms with E-state index in [1.54, 1.807) is 14.2 Å². The molecule has 10 aromatic rings. The Balaban J connectivity index is 1.17. The van der Waals surface area contributed by atoms with Crippen molar-refractivity contribution in [1.29, 1.82) is 0 Å². The molecule has 0 aliphatic carbocycles. The second-order valence-corrected chi connectivity index (χ2v) is 14.4. The Labute approximate surface area is 320 Å². The van der Waals surface area contributed by atoms with Gasteiger partial charge in [-0.3, -0.25) is 0 Å². The summed E-state index contributed by atoms with van der Waals surface area (Å²) >= 11 is 0. The number of hydrogen-bond acceptors (Lipinski definition) is 3. The number of aryl methyl sites for hydroxylation is 1. The molecular weight excluding hydrogens is 673 g/mol. The zero-order valence-corrected chi connectivity index (χ0v) is 30.9. The number of benzene rings is 8. The molecule has 0 bridgehead atoms. The maximum Gasteiger partial charge on any atom is 0.120 e. The molecule has 0 aliphatic rings. The van der Waals surface area contributed by atoms with Crippen LogP contribution in [0.25, 0.3) is 48.9 Å². The van der Waals surface area contributed by atoms with E-state index in [0.717, 1.165) is 41.4 Å². The van der Waals surface area contributed by atoms with Crippen molar-refractivity contribution in [2.45, 2.75) is 18.8 Å². The zero-order valence-electron chi connectivity index (χ0n) is 30.9. The molecule has 8 aromatic carbocycles. The first-order chi connectivity index (χ1) is 27.2.